The van der Waals surface area contributed by atoms with Crippen LogP contribution in [0, 0.1) is 0 Å². The van der Waals surface area contributed by atoms with Gasteiger partial charge >= 0.3 is 0 Å². The Morgan fingerprint density at radius 3 is 2.43 bits per heavy atom. The minimum Gasteiger partial charge on any atom is -0.489 e. The first-order chi connectivity index (χ1) is 13.4. The topological polar surface area (TPSA) is 109 Å². The number of rotatable bonds is 6. The van der Waals surface area contributed by atoms with Gasteiger partial charge in [0.25, 0.3) is 0 Å². The molecule has 7 nitrogen and oxygen atoms in total. The fraction of sp³-hybridized carbons (Fsp3) is 0.400. The molecule has 2 aromatic rings. The maximum atomic E-state index is 10.6. The number of methoxy groups -OCH3 is 1. The lowest BCUT2D eigenvalue weighted by atomic mass is 9.87. The molecule has 4 N–H and O–H groups in total. The van der Waals surface area contributed by atoms with Crippen LogP contribution in [-0.2, 0) is 21.9 Å². The van der Waals surface area contributed by atoms with E-state index in [1.807, 2.05) is 30.3 Å². The van der Waals surface area contributed by atoms with Crippen molar-refractivity contribution >= 4 is 11.6 Å². The van der Waals surface area contributed by atoms with Gasteiger partial charge in [0.2, 0.25) is 5.79 Å². The Kier molecular flexibility index (Phi) is 6.57. The lowest BCUT2D eigenvalue weighted by Crippen LogP contribution is -2.64. The largest absolute Gasteiger partial charge is 0.489 e. The molecule has 5 atom stereocenters. The summed E-state index contributed by atoms with van der Waals surface area (Å²) in [6, 6.07) is 14.0. The maximum Gasteiger partial charge on any atom is 0.224 e. The molecule has 2 aromatic carbocycles. The monoisotopic (exact) mass is 410 g/mol. The van der Waals surface area contributed by atoms with E-state index in [0.29, 0.717) is 21.9 Å². The predicted octanol–water partition coefficient (Wildman–Crippen LogP) is 1.19. The molecule has 0 bridgehead atoms. The van der Waals surface area contributed by atoms with Crippen molar-refractivity contribution in [3.05, 3.63) is 64.7 Å². The summed E-state index contributed by atoms with van der Waals surface area (Å²) >= 11 is 6.28. The first-order valence-electron chi connectivity index (χ1n) is 8.77. The van der Waals surface area contributed by atoms with E-state index in [1.54, 1.807) is 18.2 Å². The molecule has 0 radical (unpaired) electrons. The number of hydrogen-bond acceptors (Lipinski definition) is 7. The second kappa shape index (κ2) is 8.75. The summed E-state index contributed by atoms with van der Waals surface area (Å²) < 4.78 is 16.9. The SMILES string of the molecule is COC1(c2ccc(Cl)c(COc3ccccc3)c2)OC(CO)[C@@H](O)C(O)[C@H]1O. The number of halogens is 1. The van der Waals surface area contributed by atoms with Gasteiger partial charge in [-0.15, -0.1) is 0 Å². The van der Waals surface area contributed by atoms with E-state index in [0.717, 1.165) is 0 Å². The van der Waals surface area contributed by atoms with Gasteiger partial charge in [-0.05, 0) is 24.3 Å². The van der Waals surface area contributed by atoms with E-state index < -0.39 is 36.8 Å². The second-order valence-electron chi connectivity index (χ2n) is 6.54. The van der Waals surface area contributed by atoms with Gasteiger partial charge in [-0.1, -0.05) is 35.9 Å². The van der Waals surface area contributed by atoms with Gasteiger partial charge in [-0.3, -0.25) is 0 Å². The highest BCUT2D eigenvalue weighted by Gasteiger charge is 2.55. The van der Waals surface area contributed by atoms with E-state index in [9.17, 15) is 20.4 Å². The number of para-hydroxylation sites is 1. The average Bonchev–Trinajstić information content (AvgIpc) is 2.73. The first-order valence-corrected chi connectivity index (χ1v) is 9.15. The molecule has 28 heavy (non-hydrogen) atoms. The second-order valence-corrected chi connectivity index (χ2v) is 6.95. The molecule has 1 heterocycles. The Labute approximate surface area is 167 Å². The maximum absolute atomic E-state index is 10.6. The molecule has 1 aliphatic rings. The van der Waals surface area contributed by atoms with Crippen molar-refractivity contribution in [2.24, 2.45) is 0 Å². The molecule has 1 fully saturated rings. The van der Waals surface area contributed by atoms with Gasteiger partial charge in [0.1, 0.15) is 36.8 Å². The number of aliphatic hydroxyl groups excluding tert-OH is 4. The zero-order valence-corrected chi connectivity index (χ0v) is 16.0. The van der Waals surface area contributed by atoms with Crippen molar-refractivity contribution in [2.75, 3.05) is 13.7 Å². The van der Waals surface area contributed by atoms with Crippen LogP contribution in [-0.4, -0.2) is 58.6 Å². The van der Waals surface area contributed by atoms with Gasteiger partial charge in [0, 0.05) is 23.3 Å². The van der Waals surface area contributed by atoms with Crippen molar-refractivity contribution in [2.45, 2.75) is 36.8 Å². The summed E-state index contributed by atoms with van der Waals surface area (Å²) in [6.45, 7) is -0.408. The summed E-state index contributed by atoms with van der Waals surface area (Å²) in [5, 5.41) is 40.7. The van der Waals surface area contributed by atoms with Gasteiger partial charge in [0.05, 0.1) is 6.61 Å². The van der Waals surface area contributed by atoms with Crippen LogP contribution in [0.4, 0.5) is 0 Å². The van der Waals surface area contributed by atoms with Crippen LogP contribution in [0.25, 0.3) is 0 Å². The van der Waals surface area contributed by atoms with Crippen LogP contribution < -0.4 is 4.74 Å². The highest BCUT2D eigenvalue weighted by atomic mass is 35.5. The molecule has 0 aliphatic carbocycles. The molecule has 152 valence electrons. The summed E-state index contributed by atoms with van der Waals surface area (Å²) in [7, 11) is 1.30. The zero-order chi connectivity index (χ0) is 20.3. The Morgan fingerprint density at radius 2 is 1.79 bits per heavy atom. The van der Waals surface area contributed by atoms with Gasteiger partial charge < -0.3 is 34.6 Å². The third-order valence-electron chi connectivity index (χ3n) is 4.84. The lowest BCUT2D eigenvalue weighted by molar-refractivity contribution is -0.366. The summed E-state index contributed by atoms with van der Waals surface area (Å²) in [4.78, 5) is 0. The summed E-state index contributed by atoms with van der Waals surface area (Å²) in [6.07, 6.45) is -5.78. The van der Waals surface area contributed by atoms with Crippen LogP contribution in [0.3, 0.4) is 0 Å². The van der Waals surface area contributed by atoms with Crippen molar-refractivity contribution in [3.8, 4) is 5.75 Å². The van der Waals surface area contributed by atoms with E-state index >= 15 is 0 Å². The Morgan fingerprint density at radius 1 is 1.07 bits per heavy atom. The molecular weight excluding hydrogens is 388 g/mol. The van der Waals surface area contributed by atoms with Crippen molar-refractivity contribution in [1.82, 2.24) is 0 Å². The molecular formula is C20H23ClO7. The van der Waals surface area contributed by atoms with E-state index in [4.69, 9.17) is 25.8 Å². The number of hydrogen-bond donors (Lipinski definition) is 4. The minimum absolute atomic E-state index is 0.154. The van der Waals surface area contributed by atoms with E-state index in [2.05, 4.69) is 0 Å². The smallest absolute Gasteiger partial charge is 0.224 e. The summed E-state index contributed by atoms with van der Waals surface area (Å²) in [5.74, 6) is -1.13. The van der Waals surface area contributed by atoms with E-state index in [1.165, 1.54) is 7.11 Å². The molecule has 0 amide bonds. The van der Waals surface area contributed by atoms with Crippen molar-refractivity contribution < 1.29 is 34.6 Å². The normalized spacial score (nSPS) is 30.2. The van der Waals surface area contributed by atoms with Crippen LogP contribution in [0.1, 0.15) is 11.1 Å². The van der Waals surface area contributed by atoms with Crippen LogP contribution >= 0.6 is 11.6 Å². The molecule has 0 aromatic heterocycles. The Balaban J connectivity index is 1.92. The number of benzene rings is 2. The van der Waals surface area contributed by atoms with E-state index in [-0.39, 0.29) is 6.61 Å². The highest BCUT2D eigenvalue weighted by Crippen LogP contribution is 2.40. The van der Waals surface area contributed by atoms with Crippen molar-refractivity contribution in [1.29, 1.82) is 0 Å². The van der Waals surface area contributed by atoms with Gasteiger partial charge in [-0.25, -0.2) is 0 Å². The lowest BCUT2D eigenvalue weighted by Gasteiger charge is -2.47. The predicted molar refractivity (Wildman–Crippen MR) is 101 cm³/mol. The van der Waals surface area contributed by atoms with Crippen molar-refractivity contribution in [3.63, 3.8) is 0 Å². The standard InChI is InChI=1S/C20H23ClO7/c1-26-20(19(25)18(24)17(23)16(10-22)28-20)13-7-8-15(21)12(9-13)11-27-14-5-3-2-4-6-14/h2-9,16-19,22-25H,10-11H2,1H3/t16?,17-,18?,19-,20?/m1/s1. The average molecular weight is 411 g/mol. The quantitative estimate of drug-likeness (QED) is 0.566. The van der Waals surface area contributed by atoms with Crippen LogP contribution in [0.15, 0.2) is 48.5 Å². The third-order valence-corrected chi connectivity index (χ3v) is 5.21. The molecule has 8 heteroatoms. The molecule has 1 saturated heterocycles. The Hall–Kier alpha value is -1.71. The number of aliphatic hydroxyl groups is 4. The Bertz CT molecular complexity index is 785. The highest BCUT2D eigenvalue weighted by molar-refractivity contribution is 6.31. The third kappa shape index (κ3) is 3.88. The minimum atomic E-state index is -1.79. The fourth-order valence-electron chi connectivity index (χ4n) is 3.25. The summed E-state index contributed by atoms with van der Waals surface area (Å²) in [5.41, 5.74) is 0.972. The van der Waals surface area contributed by atoms with Gasteiger partial charge in [0.15, 0.2) is 0 Å². The van der Waals surface area contributed by atoms with Crippen LogP contribution in [0.2, 0.25) is 5.02 Å². The molecule has 1 aliphatic heterocycles. The molecule has 3 unspecified atom stereocenters. The van der Waals surface area contributed by atoms with Crippen LogP contribution in [0.5, 0.6) is 5.75 Å². The fourth-order valence-corrected chi connectivity index (χ4v) is 3.42. The molecule has 0 spiro atoms. The first kappa shape index (κ1) is 21.0. The number of ether oxygens (including phenoxy) is 3. The van der Waals surface area contributed by atoms with Gasteiger partial charge in [-0.2, -0.15) is 0 Å². The zero-order valence-electron chi connectivity index (χ0n) is 15.2. The molecule has 0 saturated carbocycles. The molecule has 3 rings (SSSR count).